The van der Waals surface area contributed by atoms with Crippen LogP contribution in [-0.2, 0) is 70.7 Å². The van der Waals surface area contributed by atoms with E-state index in [1.807, 2.05) is 61.2 Å². The van der Waals surface area contributed by atoms with Gasteiger partial charge in [0.25, 0.3) is 0 Å². The Labute approximate surface area is 225 Å². The van der Waals surface area contributed by atoms with E-state index in [0.29, 0.717) is 0 Å². The fraction of sp³-hybridized carbons (Fsp3) is 0. The molecule has 0 saturated carbocycles. The fourth-order valence-electron chi connectivity index (χ4n) is 1.85. The number of rotatable bonds is 0. The minimum Gasteiger partial charge on any atom is -0.759 e. The summed E-state index contributed by atoms with van der Waals surface area (Å²) in [6, 6.07) is 16.2. The van der Waals surface area contributed by atoms with Gasteiger partial charge in [0.05, 0.1) is 0 Å². The zero-order valence-corrected chi connectivity index (χ0v) is 21.9. The van der Waals surface area contributed by atoms with Gasteiger partial charge < -0.3 is 67.5 Å². The zero-order valence-electron chi connectivity index (χ0n) is 19.2. The first-order chi connectivity index (χ1) is 12.9. The maximum atomic E-state index is 8.52. The molecule has 0 spiro atoms. The quantitative estimate of drug-likeness (QED) is 0.0791. The summed E-state index contributed by atoms with van der Waals surface area (Å²) in [6.07, 6.45) is 3.65. The van der Waals surface area contributed by atoms with Gasteiger partial charge in [0.1, 0.15) is 0 Å². The van der Waals surface area contributed by atoms with Crippen molar-refractivity contribution in [2.75, 3.05) is 0 Å². The molecule has 0 unspecified atom stereocenters. The summed E-state index contributed by atoms with van der Waals surface area (Å²) in [5, 5.41) is 0. The number of hydrogen-bond donors (Lipinski definition) is 2. The van der Waals surface area contributed by atoms with E-state index < -0.39 is 20.8 Å². The van der Waals surface area contributed by atoms with Gasteiger partial charge in [-0.05, 0) is 24.3 Å². The van der Waals surface area contributed by atoms with Gasteiger partial charge in [0.15, 0.2) is 22.1 Å². The third kappa shape index (κ3) is 35.4. The number of fused-ring (bicyclic) bond motifs is 2. The largest absolute Gasteiger partial charge is 2.00 e. The maximum Gasteiger partial charge on any atom is 2.00 e. The Bertz CT molecular complexity index is 1050. The number of hydrogen-bond acceptors (Lipinski definition) is 8. The summed E-state index contributed by atoms with van der Waals surface area (Å²) in [5.74, 6) is 0. The van der Waals surface area contributed by atoms with Gasteiger partial charge in [-0.25, -0.2) is 19.9 Å². The molecule has 0 aliphatic carbocycles. The second-order valence-electron chi connectivity index (χ2n) is 4.77. The third-order valence-electron chi connectivity index (χ3n) is 2.76. The molecule has 2 aromatic carbocycles. The Kier molecular flexibility index (Phi) is 52.1. The maximum absolute atomic E-state index is 8.52. The molecule has 0 amide bonds. The Morgan fingerprint density at radius 2 is 0.737 bits per heavy atom. The van der Waals surface area contributed by atoms with Gasteiger partial charge in [0.2, 0.25) is 12.7 Å². The van der Waals surface area contributed by atoms with E-state index in [2.05, 4.69) is 19.9 Å². The predicted octanol–water partition coefficient (Wildman–Crippen LogP) is -8.72. The molecule has 0 fully saturated rings. The fourth-order valence-corrected chi connectivity index (χ4v) is 1.85. The van der Waals surface area contributed by atoms with E-state index in [1.54, 1.807) is 0 Å². The molecule has 2 aromatic heterocycles. The number of benzene rings is 2. The zero-order chi connectivity index (χ0) is 21.2. The van der Waals surface area contributed by atoms with Crippen LogP contribution in [0.1, 0.15) is 0 Å². The Balaban J connectivity index is -0.0000000326. The van der Waals surface area contributed by atoms with Crippen molar-refractivity contribution in [2.24, 2.45) is 0 Å². The van der Waals surface area contributed by atoms with Crippen LogP contribution in [0.4, 0.5) is 0 Å². The third-order valence-corrected chi connectivity index (χ3v) is 2.76. The van der Waals surface area contributed by atoms with E-state index >= 15 is 0 Å². The standard InChI is InChI=1S/2C7H6N2.Fe.2H2O4S.9H2O/c2*1-2-4-7-6(3-1)8-5-9-7;;2*1-5(2,3)4;;;;;;;;;/h2*1-5H,(H,8,9);;2*(H2,1,2,3,4);9*1H2/q;;+2;;;;;;;;;;;/p+4. The molecule has 230 valence electrons. The number of aromatic amines is 4. The van der Waals surface area contributed by atoms with Crippen LogP contribution in [0.3, 0.4) is 0 Å². The first-order valence-corrected chi connectivity index (χ1v) is 9.81. The van der Waals surface area contributed by atoms with Crippen molar-refractivity contribution >= 4 is 42.9 Å². The molecule has 2 heterocycles. The molecule has 28 N–H and O–H groups in total. The molecule has 4 rings (SSSR count). The number of imidazole rings is 2. The molecule has 0 aliphatic rings. The van der Waals surface area contributed by atoms with E-state index in [1.165, 1.54) is 0 Å². The average Bonchev–Trinajstić information content (AvgIpc) is 3.21. The van der Waals surface area contributed by atoms with E-state index in [-0.39, 0.29) is 66.4 Å². The number of nitrogens with one attached hydrogen (secondary N) is 4. The van der Waals surface area contributed by atoms with Crippen LogP contribution in [0.5, 0.6) is 0 Å². The van der Waals surface area contributed by atoms with E-state index in [9.17, 15) is 0 Å². The number of H-pyrrole nitrogens is 4. The number of para-hydroxylation sites is 4. The van der Waals surface area contributed by atoms with Crippen LogP contribution in [0.25, 0.3) is 22.1 Å². The predicted molar refractivity (Wildman–Crippen MR) is 131 cm³/mol. The minimum absolute atomic E-state index is 0. The molecule has 0 saturated heterocycles. The van der Waals surface area contributed by atoms with Gasteiger partial charge in [-0.1, -0.05) is 24.3 Å². The average molecular weight is 654 g/mol. The van der Waals surface area contributed by atoms with Gasteiger partial charge in [0, 0.05) is 20.8 Å². The van der Waals surface area contributed by atoms with Crippen molar-refractivity contribution in [1.29, 1.82) is 0 Å². The summed E-state index contributed by atoms with van der Waals surface area (Å²) >= 11 is 0. The van der Waals surface area contributed by atoms with Crippen LogP contribution in [0.2, 0.25) is 0 Å². The van der Waals surface area contributed by atoms with Crippen molar-refractivity contribution in [3.05, 3.63) is 61.2 Å². The van der Waals surface area contributed by atoms with Crippen molar-refractivity contribution in [1.82, 2.24) is 9.97 Å². The molecule has 24 heteroatoms. The normalized spacial score (nSPS) is 7.89. The number of aromatic nitrogens is 4. The summed E-state index contributed by atoms with van der Waals surface area (Å²) in [7, 11) is -10.3. The van der Waals surface area contributed by atoms with E-state index in [4.69, 9.17) is 35.0 Å². The smallest absolute Gasteiger partial charge is 0.759 e. The van der Waals surface area contributed by atoms with E-state index in [0.717, 1.165) is 22.1 Å². The molecule has 4 aromatic rings. The van der Waals surface area contributed by atoms with Crippen LogP contribution < -0.4 is 9.97 Å². The van der Waals surface area contributed by atoms with Crippen molar-refractivity contribution in [2.45, 2.75) is 0 Å². The van der Waals surface area contributed by atoms with Gasteiger partial charge in [-0.2, -0.15) is 0 Å². The topological polar surface area (TPSA) is 513 Å². The summed E-state index contributed by atoms with van der Waals surface area (Å²) in [6.45, 7) is 0. The van der Waals surface area contributed by atoms with Crippen LogP contribution in [-0.4, -0.2) is 61.4 Å². The molecule has 0 atom stereocenters. The summed E-state index contributed by atoms with van der Waals surface area (Å²) in [4.78, 5) is 12.3. The second-order valence-corrected chi connectivity index (χ2v) is 6.41. The summed E-state index contributed by atoms with van der Waals surface area (Å²) < 4.78 is 68.2. The molecule has 0 aliphatic heterocycles. The molecular formula is C14H38FeN4O17S2+6. The van der Waals surface area contributed by atoms with Crippen molar-refractivity contribution in [3.8, 4) is 0 Å². The van der Waals surface area contributed by atoms with Gasteiger partial charge in [-0.3, -0.25) is 16.8 Å². The van der Waals surface area contributed by atoms with Crippen LogP contribution in [0, 0.1) is 0 Å². The van der Waals surface area contributed by atoms with Gasteiger partial charge in [-0.15, -0.1) is 0 Å². The first kappa shape index (κ1) is 64.9. The second kappa shape index (κ2) is 30.5. The Morgan fingerprint density at radius 1 is 0.526 bits per heavy atom. The van der Waals surface area contributed by atoms with Crippen molar-refractivity contribution in [3.63, 3.8) is 0 Å². The molecule has 38 heavy (non-hydrogen) atoms. The van der Waals surface area contributed by atoms with Crippen molar-refractivity contribution < 1.29 is 111 Å². The minimum atomic E-state index is -5.17. The molecule has 21 nitrogen and oxygen atoms in total. The molecule has 0 radical (unpaired) electrons. The Hall–Kier alpha value is -2.72. The molecule has 0 bridgehead atoms. The SMILES string of the molecule is O.O.O.O=S(=O)([O-])[O-].O=S(=O)([O-])[O-].[Fe+2].[OH3+].[OH3+].[OH3+].[OH3+].[OH3+].[OH3+].c1ccc2[nH+]c[nH]c2c1.c1ccc2[nH+]c[nH]c2c1. The summed E-state index contributed by atoms with van der Waals surface area (Å²) in [5.41, 5.74) is 4.60. The Morgan fingerprint density at radius 3 is 0.947 bits per heavy atom. The van der Waals surface area contributed by atoms with Gasteiger partial charge >= 0.3 is 17.1 Å². The monoisotopic (exact) mass is 654 g/mol. The molecular weight excluding hydrogens is 616 g/mol. The first-order valence-electron chi connectivity index (χ1n) is 7.14. The van der Waals surface area contributed by atoms with Crippen LogP contribution in [0.15, 0.2) is 61.2 Å². The van der Waals surface area contributed by atoms with Crippen LogP contribution >= 0.6 is 0 Å².